The predicted octanol–water partition coefficient (Wildman–Crippen LogP) is 2.61. The number of halogens is 2. The van der Waals surface area contributed by atoms with Gasteiger partial charge in [0.15, 0.2) is 0 Å². The first kappa shape index (κ1) is 16.2. The summed E-state index contributed by atoms with van der Waals surface area (Å²) in [7, 11) is 1.56. The Kier molecular flexibility index (Phi) is 6.55. The van der Waals surface area contributed by atoms with Crippen LogP contribution in [0.1, 0.15) is 24.9 Å². The summed E-state index contributed by atoms with van der Waals surface area (Å²) in [4.78, 5) is 2.35. The van der Waals surface area contributed by atoms with Gasteiger partial charge in [-0.1, -0.05) is 13.0 Å². The van der Waals surface area contributed by atoms with Crippen molar-refractivity contribution in [1.82, 2.24) is 10.2 Å². The van der Waals surface area contributed by atoms with Crippen molar-refractivity contribution in [2.24, 2.45) is 0 Å². The Bertz CT molecular complexity index is 397. The third-order valence-electron chi connectivity index (χ3n) is 3.55. The molecule has 1 aromatic rings. The van der Waals surface area contributed by atoms with E-state index in [9.17, 15) is 4.39 Å². The summed E-state index contributed by atoms with van der Waals surface area (Å²) in [6.45, 7) is 6.02. The molecule has 0 amide bonds. The van der Waals surface area contributed by atoms with Crippen molar-refractivity contribution in [2.75, 3.05) is 33.3 Å². The molecule has 19 heavy (non-hydrogen) atoms. The van der Waals surface area contributed by atoms with E-state index >= 15 is 0 Å². The smallest absolute Gasteiger partial charge is 0.131 e. The molecule has 2 rings (SSSR count). The number of hydrogen-bond donors (Lipinski definition) is 1. The van der Waals surface area contributed by atoms with Gasteiger partial charge in [0.05, 0.1) is 7.11 Å². The third-order valence-corrected chi connectivity index (χ3v) is 3.55. The molecule has 1 aliphatic rings. The second kappa shape index (κ2) is 7.68. The summed E-state index contributed by atoms with van der Waals surface area (Å²) in [5.74, 6) is 0.408. The van der Waals surface area contributed by atoms with Crippen LogP contribution in [-0.2, 0) is 0 Å². The summed E-state index contributed by atoms with van der Waals surface area (Å²) >= 11 is 0. The monoisotopic (exact) mass is 288 g/mol. The topological polar surface area (TPSA) is 24.5 Å². The minimum atomic E-state index is -0.167. The molecule has 0 radical (unpaired) electrons. The maximum atomic E-state index is 14.1. The Morgan fingerprint density at radius 2 is 2.05 bits per heavy atom. The molecule has 1 atom stereocenters. The van der Waals surface area contributed by atoms with Crippen LogP contribution in [0.5, 0.6) is 5.75 Å². The largest absolute Gasteiger partial charge is 0.497 e. The average molecular weight is 289 g/mol. The number of hydrogen-bond acceptors (Lipinski definition) is 3. The summed E-state index contributed by atoms with van der Waals surface area (Å²) in [6, 6.07) is 5.33. The predicted molar refractivity (Wildman–Crippen MR) is 77.7 cm³/mol. The van der Waals surface area contributed by atoms with Crippen molar-refractivity contribution in [3.63, 3.8) is 0 Å². The minimum Gasteiger partial charge on any atom is -0.497 e. The van der Waals surface area contributed by atoms with Crippen molar-refractivity contribution in [3.05, 3.63) is 29.6 Å². The number of nitrogens with one attached hydrogen (secondary N) is 1. The highest BCUT2D eigenvalue weighted by atomic mass is 35.5. The van der Waals surface area contributed by atoms with E-state index in [0.29, 0.717) is 5.75 Å². The molecule has 108 valence electrons. The van der Waals surface area contributed by atoms with E-state index in [4.69, 9.17) is 4.74 Å². The van der Waals surface area contributed by atoms with Gasteiger partial charge in [-0.25, -0.2) is 4.39 Å². The fraction of sp³-hybridized carbons (Fsp3) is 0.571. The molecule has 0 spiro atoms. The zero-order valence-corrected chi connectivity index (χ0v) is 12.3. The average Bonchev–Trinajstić information content (AvgIpc) is 2.42. The highest BCUT2D eigenvalue weighted by Crippen LogP contribution is 2.28. The minimum absolute atomic E-state index is 0. The first-order valence-electron chi connectivity index (χ1n) is 6.54. The normalized spacial score (nSPS) is 17.6. The molecule has 1 aliphatic heterocycles. The highest BCUT2D eigenvalue weighted by molar-refractivity contribution is 5.85. The lowest BCUT2D eigenvalue weighted by molar-refractivity contribution is 0.166. The lowest BCUT2D eigenvalue weighted by Gasteiger charge is -2.34. The van der Waals surface area contributed by atoms with E-state index in [0.717, 1.165) is 38.2 Å². The molecule has 0 saturated carbocycles. The van der Waals surface area contributed by atoms with E-state index in [2.05, 4.69) is 17.1 Å². The molecular formula is C14H22ClFN2O. The number of nitrogens with zero attached hydrogens (tertiary/aromatic N) is 1. The zero-order valence-electron chi connectivity index (χ0n) is 11.5. The zero-order chi connectivity index (χ0) is 13.0. The Morgan fingerprint density at radius 3 is 2.58 bits per heavy atom. The van der Waals surface area contributed by atoms with E-state index < -0.39 is 0 Å². The number of ether oxygens (including phenoxy) is 1. The van der Waals surface area contributed by atoms with Crippen molar-refractivity contribution < 1.29 is 9.13 Å². The number of rotatable bonds is 4. The van der Waals surface area contributed by atoms with Crippen molar-refractivity contribution >= 4 is 12.4 Å². The molecule has 0 bridgehead atoms. The number of piperazine rings is 1. The molecule has 1 aromatic carbocycles. The van der Waals surface area contributed by atoms with Crippen LogP contribution in [0.3, 0.4) is 0 Å². The van der Waals surface area contributed by atoms with Gasteiger partial charge >= 0.3 is 0 Å². The van der Waals surface area contributed by atoms with Crippen LogP contribution >= 0.6 is 12.4 Å². The van der Waals surface area contributed by atoms with Crippen LogP contribution in [0.15, 0.2) is 18.2 Å². The molecule has 0 aromatic heterocycles. The van der Waals surface area contributed by atoms with E-state index in [1.165, 1.54) is 6.07 Å². The molecule has 1 N–H and O–H groups in total. The Labute approximate surface area is 120 Å². The summed E-state index contributed by atoms with van der Waals surface area (Å²) in [5, 5.41) is 3.32. The van der Waals surface area contributed by atoms with Gasteiger partial charge < -0.3 is 10.1 Å². The van der Waals surface area contributed by atoms with Gasteiger partial charge in [0, 0.05) is 43.9 Å². The Balaban J connectivity index is 0.00000180. The van der Waals surface area contributed by atoms with Crippen LogP contribution in [0.25, 0.3) is 0 Å². The Hall–Kier alpha value is -0.840. The van der Waals surface area contributed by atoms with E-state index in [1.54, 1.807) is 7.11 Å². The fourth-order valence-corrected chi connectivity index (χ4v) is 2.57. The maximum absolute atomic E-state index is 14.1. The van der Waals surface area contributed by atoms with Crippen molar-refractivity contribution in [1.29, 1.82) is 0 Å². The molecule has 1 saturated heterocycles. The van der Waals surface area contributed by atoms with Gasteiger partial charge in [-0.15, -0.1) is 12.4 Å². The lowest BCUT2D eigenvalue weighted by Crippen LogP contribution is -2.45. The van der Waals surface area contributed by atoms with Crippen LogP contribution in [0, 0.1) is 5.82 Å². The number of methoxy groups -OCH3 is 1. The second-order valence-corrected chi connectivity index (χ2v) is 4.60. The SMILES string of the molecule is CC[C@@H](c1ccc(OC)cc1F)N1CCNCC1.Cl. The first-order valence-corrected chi connectivity index (χ1v) is 6.54. The molecule has 0 unspecified atom stereocenters. The molecule has 5 heteroatoms. The van der Waals surface area contributed by atoms with E-state index in [-0.39, 0.29) is 24.3 Å². The number of benzene rings is 1. The second-order valence-electron chi connectivity index (χ2n) is 4.60. The van der Waals surface area contributed by atoms with Crippen LogP contribution < -0.4 is 10.1 Å². The van der Waals surface area contributed by atoms with Gasteiger partial charge in [0.2, 0.25) is 0 Å². The van der Waals surface area contributed by atoms with Crippen LogP contribution in [0.4, 0.5) is 4.39 Å². The quantitative estimate of drug-likeness (QED) is 0.922. The molecule has 1 fully saturated rings. The van der Waals surface area contributed by atoms with E-state index in [1.807, 2.05) is 12.1 Å². The van der Waals surface area contributed by atoms with Gasteiger partial charge in [-0.2, -0.15) is 0 Å². The van der Waals surface area contributed by atoms with Crippen LogP contribution in [-0.4, -0.2) is 38.2 Å². The van der Waals surface area contributed by atoms with Gasteiger partial charge in [-0.3, -0.25) is 4.90 Å². The molecule has 3 nitrogen and oxygen atoms in total. The molecule has 0 aliphatic carbocycles. The molecule has 1 heterocycles. The fourth-order valence-electron chi connectivity index (χ4n) is 2.57. The maximum Gasteiger partial charge on any atom is 0.131 e. The van der Waals surface area contributed by atoms with Crippen molar-refractivity contribution in [3.8, 4) is 5.75 Å². The summed E-state index contributed by atoms with van der Waals surface area (Å²) in [6.07, 6.45) is 0.920. The summed E-state index contributed by atoms with van der Waals surface area (Å²) in [5.41, 5.74) is 0.778. The highest BCUT2D eigenvalue weighted by Gasteiger charge is 2.23. The van der Waals surface area contributed by atoms with Gasteiger partial charge in [-0.05, 0) is 12.5 Å². The van der Waals surface area contributed by atoms with Gasteiger partial charge in [0.1, 0.15) is 11.6 Å². The summed E-state index contributed by atoms with van der Waals surface area (Å²) < 4.78 is 19.2. The molecular weight excluding hydrogens is 267 g/mol. The first-order chi connectivity index (χ1) is 8.76. The van der Waals surface area contributed by atoms with Crippen molar-refractivity contribution in [2.45, 2.75) is 19.4 Å². The van der Waals surface area contributed by atoms with Crippen LogP contribution in [0.2, 0.25) is 0 Å². The van der Waals surface area contributed by atoms with Gasteiger partial charge in [0.25, 0.3) is 0 Å². The third kappa shape index (κ3) is 3.81. The standard InChI is InChI=1S/C14H21FN2O.ClH/c1-3-14(17-8-6-16-7-9-17)12-5-4-11(18-2)10-13(12)15;/h4-5,10,14,16H,3,6-9H2,1-2H3;1H/t14-;/m0./s1. The Morgan fingerprint density at radius 1 is 1.37 bits per heavy atom. The lowest BCUT2D eigenvalue weighted by atomic mass is 10.0.